The number of aromatic nitrogens is 1. The second-order valence-electron chi connectivity index (χ2n) is 3.06. The van der Waals surface area contributed by atoms with E-state index in [1.807, 2.05) is 18.2 Å². The van der Waals surface area contributed by atoms with E-state index in [1.54, 1.807) is 12.1 Å². The summed E-state index contributed by atoms with van der Waals surface area (Å²) in [6.45, 7) is 0. The molecule has 0 unspecified atom stereocenters. The van der Waals surface area contributed by atoms with Gasteiger partial charge < -0.3 is 4.98 Å². The van der Waals surface area contributed by atoms with E-state index in [0.717, 1.165) is 5.56 Å². The lowest BCUT2D eigenvalue weighted by Crippen LogP contribution is -2.04. The van der Waals surface area contributed by atoms with Crippen molar-refractivity contribution < 1.29 is 0 Å². The minimum atomic E-state index is -0.239. The zero-order valence-electron chi connectivity index (χ0n) is 7.63. The minimum absolute atomic E-state index is 0.239. The summed E-state index contributed by atoms with van der Waals surface area (Å²) in [4.78, 5) is 13.9. The van der Waals surface area contributed by atoms with Crippen molar-refractivity contribution in [3.8, 4) is 11.3 Å². The number of H-pyrrole nitrogens is 1. The summed E-state index contributed by atoms with van der Waals surface area (Å²) >= 11 is 11.8. The molecule has 76 valence electrons. The molecule has 1 heterocycles. The molecule has 0 amide bonds. The van der Waals surface area contributed by atoms with Gasteiger partial charge in [0.05, 0.1) is 5.69 Å². The second-order valence-corrected chi connectivity index (χ2v) is 3.90. The van der Waals surface area contributed by atoms with Gasteiger partial charge in [0.2, 0.25) is 5.56 Å². The highest BCUT2D eigenvalue weighted by Gasteiger charge is 2.04. The zero-order chi connectivity index (χ0) is 10.8. The van der Waals surface area contributed by atoms with Crippen LogP contribution in [0.4, 0.5) is 0 Å². The number of aromatic amines is 1. The second kappa shape index (κ2) is 4.09. The lowest BCUT2D eigenvalue weighted by atomic mass is 10.1. The summed E-state index contributed by atoms with van der Waals surface area (Å²) in [5.41, 5.74) is 1.15. The fourth-order valence-corrected chi connectivity index (χ4v) is 1.78. The summed E-state index contributed by atoms with van der Waals surface area (Å²) in [5.74, 6) is 0. The Morgan fingerprint density at radius 2 is 1.80 bits per heavy atom. The topological polar surface area (TPSA) is 32.9 Å². The highest BCUT2D eigenvalue weighted by atomic mass is 35.5. The standard InChI is InChI=1S/C11H7Cl2NO/c12-7-5-10(14-11(15)6-7)8-3-1-2-4-9(8)13/h1-6H,(H,14,15). The Morgan fingerprint density at radius 1 is 1.07 bits per heavy atom. The first-order chi connectivity index (χ1) is 7.16. The highest BCUT2D eigenvalue weighted by Crippen LogP contribution is 2.26. The predicted octanol–water partition coefficient (Wildman–Crippen LogP) is 3.35. The molecule has 0 bridgehead atoms. The van der Waals surface area contributed by atoms with Gasteiger partial charge in [-0.3, -0.25) is 4.79 Å². The van der Waals surface area contributed by atoms with Crippen LogP contribution in [0.3, 0.4) is 0 Å². The van der Waals surface area contributed by atoms with Gasteiger partial charge in [0.25, 0.3) is 0 Å². The van der Waals surface area contributed by atoms with Crippen molar-refractivity contribution in [3.63, 3.8) is 0 Å². The smallest absolute Gasteiger partial charge is 0.249 e. The number of hydrogen-bond acceptors (Lipinski definition) is 1. The van der Waals surface area contributed by atoms with E-state index in [9.17, 15) is 4.79 Å². The molecular weight excluding hydrogens is 233 g/mol. The van der Waals surface area contributed by atoms with Crippen molar-refractivity contribution in [1.29, 1.82) is 0 Å². The molecule has 2 aromatic rings. The maximum atomic E-state index is 11.2. The maximum absolute atomic E-state index is 11.2. The largest absolute Gasteiger partial charge is 0.322 e. The van der Waals surface area contributed by atoms with Gasteiger partial charge in [-0.05, 0) is 12.1 Å². The molecule has 0 aliphatic carbocycles. The molecule has 0 aliphatic rings. The van der Waals surface area contributed by atoms with Crippen LogP contribution in [0.25, 0.3) is 11.3 Å². The third kappa shape index (κ3) is 2.22. The van der Waals surface area contributed by atoms with E-state index in [0.29, 0.717) is 15.7 Å². The number of nitrogens with one attached hydrogen (secondary N) is 1. The Kier molecular flexibility index (Phi) is 2.80. The van der Waals surface area contributed by atoms with Crippen LogP contribution in [0.1, 0.15) is 0 Å². The van der Waals surface area contributed by atoms with E-state index in [1.165, 1.54) is 6.07 Å². The van der Waals surface area contributed by atoms with Gasteiger partial charge in [0.1, 0.15) is 0 Å². The molecular formula is C11H7Cl2NO. The zero-order valence-corrected chi connectivity index (χ0v) is 9.14. The molecule has 0 spiro atoms. The SMILES string of the molecule is O=c1cc(Cl)cc(-c2ccccc2Cl)[nH]1. The average molecular weight is 240 g/mol. The summed E-state index contributed by atoms with van der Waals surface area (Å²) in [7, 11) is 0. The van der Waals surface area contributed by atoms with Gasteiger partial charge in [0, 0.05) is 21.7 Å². The fourth-order valence-electron chi connectivity index (χ4n) is 1.33. The Morgan fingerprint density at radius 3 is 2.47 bits per heavy atom. The lowest BCUT2D eigenvalue weighted by molar-refractivity contribution is 1.24. The van der Waals surface area contributed by atoms with Crippen molar-refractivity contribution in [2.45, 2.75) is 0 Å². The summed E-state index contributed by atoms with van der Waals surface area (Å²) in [6, 6.07) is 10.3. The number of rotatable bonds is 1. The van der Waals surface area contributed by atoms with Crippen molar-refractivity contribution in [3.05, 3.63) is 56.8 Å². The van der Waals surface area contributed by atoms with Gasteiger partial charge in [-0.2, -0.15) is 0 Å². The van der Waals surface area contributed by atoms with E-state index in [2.05, 4.69) is 4.98 Å². The molecule has 15 heavy (non-hydrogen) atoms. The molecule has 2 nitrogen and oxygen atoms in total. The van der Waals surface area contributed by atoms with Crippen LogP contribution in [0.2, 0.25) is 10.0 Å². The van der Waals surface area contributed by atoms with E-state index < -0.39 is 0 Å². The minimum Gasteiger partial charge on any atom is -0.322 e. The van der Waals surface area contributed by atoms with Crippen LogP contribution in [0.5, 0.6) is 0 Å². The maximum Gasteiger partial charge on any atom is 0.249 e. The van der Waals surface area contributed by atoms with E-state index >= 15 is 0 Å². The third-order valence-electron chi connectivity index (χ3n) is 1.97. The Hall–Kier alpha value is -1.25. The third-order valence-corrected chi connectivity index (χ3v) is 2.52. The Labute approximate surface area is 96.5 Å². The highest BCUT2D eigenvalue weighted by molar-refractivity contribution is 6.33. The summed E-state index contributed by atoms with van der Waals surface area (Å²) < 4.78 is 0. The number of hydrogen-bond donors (Lipinski definition) is 1. The Balaban J connectivity index is 2.64. The van der Waals surface area contributed by atoms with Gasteiger partial charge >= 0.3 is 0 Å². The lowest BCUT2D eigenvalue weighted by Gasteiger charge is -2.03. The summed E-state index contributed by atoms with van der Waals surface area (Å²) in [5, 5.41) is 0.976. The van der Waals surface area contributed by atoms with Gasteiger partial charge in [0.15, 0.2) is 0 Å². The molecule has 0 aliphatic heterocycles. The first-order valence-corrected chi connectivity index (χ1v) is 5.07. The molecule has 2 rings (SSSR count). The van der Waals surface area contributed by atoms with Crippen LogP contribution in [0, 0.1) is 0 Å². The summed E-state index contributed by atoms with van der Waals surface area (Å²) in [6.07, 6.45) is 0. The molecule has 1 aromatic heterocycles. The molecule has 0 saturated carbocycles. The molecule has 0 atom stereocenters. The molecule has 0 radical (unpaired) electrons. The van der Waals surface area contributed by atoms with Gasteiger partial charge in [-0.15, -0.1) is 0 Å². The molecule has 0 saturated heterocycles. The van der Waals surface area contributed by atoms with Crippen LogP contribution in [-0.4, -0.2) is 4.98 Å². The van der Waals surface area contributed by atoms with Crippen LogP contribution in [0.15, 0.2) is 41.2 Å². The van der Waals surface area contributed by atoms with Crippen LogP contribution < -0.4 is 5.56 Å². The first-order valence-electron chi connectivity index (χ1n) is 4.31. The van der Waals surface area contributed by atoms with E-state index in [-0.39, 0.29) is 5.56 Å². The van der Waals surface area contributed by atoms with Crippen molar-refractivity contribution in [2.75, 3.05) is 0 Å². The van der Waals surface area contributed by atoms with E-state index in [4.69, 9.17) is 23.2 Å². The molecule has 4 heteroatoms. The van der Waals surface area contributed by atoms with Crippen molar-refractivity contribution >= 4 is 23.2 Å². The monoisotopic (exact) mass is 239 g/mol. The molecule has 1 N–H and O–H groups in total. The normalized spacial score (nSPS) is 10.3. The fraction of sp³-hybridized carbons (Fsp3) is 0. The van der Waals surface area contributed by atoms with Crippen LogP contribution >= 0.6 is 23.2 Å². The number of pyridine rings is 1. The number of benzene rings is 1. The number of halogens is 2. The predicted molar refractivity (Wildman–Crippen MR) is 62.5 cm³/mol. The molecule has 1 aromatic carbocycles. The Bertz CT molecular complexity index is 548. The quantitative estimate of drug-likeness (QED) is 0.814. The molecule has 0 fully saturated rings. The van der Waals surface area contributed by atoms with Gasteiger partial charge in [-0.1, -0.05) is 41.4 Å². The van der Waals surface area contributed by atoms with Crippen molar-refractivity contribution in [2.24, 2.45) is 0 Å². The van der Waals surface area contributed by atoms with Crippen LogP contribution in [-0.2, 0) is 0 Å². The van der Waals surface area contributed by atoms with Crippen molar-refractivity contribution in [1.82, 2.24) is 4.98 Å². The van der Waals surface area contributed by atoms with Gasteiger partial charge in [-0.25, -0.2) is 0 Å². The average Bonchev–Trinajstić information content (AvgIpc) is 2.16. The first kappa shape index (κ1) is 10.3.